The zero-order chi connectivity index (χ0) is 18.0. The number of H-pyrrole nitrogens is 1. The van der Waals surface area contributed by atoms with Crippen molar-refractivity contribution in [1.29, 1.82) is 0 Å². The van der Waals surface area contributed by atoms with Crippen LogP contribution < -0.4 is 21.7 Å². The van der Waals surface area contributed by atoms with Crippen molar-refractivity contribution in [1.82, 2.24) is 14.5 Å². The number of para-hydroxylation sites is 1. The van der Waals surface area contributed by atoms with Crippen LogP contribution in [-0.2, 0) is 0 Å². The van der Waals surface area contributed by atoms with Gasteiger partial charge in [-0.15, -0.1) is 0 Å². The second kappa shape index (κ2) is 7.08. The molecule has 8 heteroatoms. The van der Waals surface area contributed by atoms with Crippen LogP contribution in [0.25, 0.3) is 16.6 Å². The number of hydrogen-bond donors (Lipinski definition) is 2. The van der Waals surface area contributed by atoms with Crippen LogP contribution in [0.5, 0.6) is 5.88 Å². The number of aromatic nitrogens is 3. The molecule has 0 bridgehead atoms. The molecular formula is C17H17ClN4O3. The molecule has 0 amide bonds. The molecule has 130 valence electrons. The van der Waals surface area contributed by atoms with Crippen LogP contribution in [0.2, 0.25) is 5.15 Å². The summed E-state index contributed by atoms with van der Waals surface area (Å²) in [7, 11) is 0. The van der Waals surface area contributed by atoms with Gasteiger partial charge in [-0.05, 0) is 18.6 Å². The average Bonchev–Trinajstić information content (AvgIpc) is 2.59. The number of aromatic amines is 1. The van der Waals surface area contributed by atoms with E-state index >= 15 is 0 Å². The Morgan fingerprint density at radius 3 is 2.72 bits per heavy atom. The number of fused-ring (bicyclic) bond motifs is 1. The first-order valence-corrected chi connectivity index (χ1v) is 8.18. The first-order chi connectivity index (χ1) is 12.0. The number of halogens is 1. The van der Waals surface area contributed by atoms with Gasteiger partial charge < -0.3 is 10.5 Å². The quantitative estimate of drug-likeness (QED) is 0.676. The van der Waals surface area contributed by atoms with E-state index in [1.807, 2.05) is 13.0 Å². The number of hydrogen-bond acceptors (Lipinski definition) is 5. The third-order valence-corrected chi connectivity index (χ3v) is 3.99. The first kappa shape index (κ1) is 17.2. The summed E-state index contributed by atoms with van der Waals surface area (Å²) in [6.07, 6.45) is 0.712. The number of ether oxygens (including phenoxy) is 1. The fourth-order valence-corrected chi connectivity index (χ4v) is 2.62. The van der Waals surface area contributed by atoms with Crippen LogP contribution in [0.1, 0.15) is 13.3 Å². The lowest BCUT2D eigenvalue weighted by Crippen LogP contribution is -2.31. The standard InChI is InChI=1S/C17H17ClN4O3/c1-2-10(19)9-25-16-14-12(8-13(18)20-16)22(17(24)21-15(14)23)11-6-4-3-5-7-11/h3-8,10H,2,9,19H2,1H3,(H,21,23,24)/t10-/m0/s1. The van der Waals surface area contributed by atoms with Gasteiger partial charge in [-0.3, -0.25) is 14.3 Å². The topological polar surface area (TPSA) is 103 Å². The van der Waals surface area contributed by atoms with Gasteiger partial charge in [0, 0.05) is 12.1 Å². The van der Waals surface area contributed by atoms with Gasteiger partial charge in [0.25, 0.3) is 5.56 Å². The highest BCUT2D eigenvalue weighted by Gasteiger charge is 2.17. The van der Waals surface area contributed by atoms with Gasteiger partial charge in [-0.1, -0.05) is 36.7 Å². The summed E-state index contributed by atoms with van der Waals surface area (Å²) in [6.45, 7) is 2.11. The Balaban J connectivity index is 2.28. The molecule has 0 unspecified atom stereocenters. The Labute approximate surface area is 148 Å². The van der Waals surface area contributed by atoms with Crippen molar-refractivity contribution < 1.29 is 4.74 Å². The molecular weight excluding hydrogens is 344 g/mol. The summed E-state index contributed by atoms with van der Waals surface area (Å²) in [5.41, 5.74) is 5.61. The van der Waals surface area contributed by atoms with Gasteiger partial charge in [0.05, 0.1) is 11.2 Å². The fourth-order valence-electron chi connectivity index (χ4n) is 2.44. The number of nitrogens with one attached hydrogen (secondary N) is 1. The Morgan fingerprint density at radius 1 is 1.32 bits per heavy atom. The van der Waals surface area contributed by atoms with E-state index < -0.39 is 11.2 Å². The molecule has 7 nitrogen and oxygen atoms in total. The van der Waals surface area contributed by atoms with E-state index in [0.717, 1.165) is 0 Å². The number of nitrogens with zero attached hydrogens (tertiary/aromatic N) is 2. The van der Waals surface area contributed by atoms with Gasteiger partial charge in [0.2, 0.25) is 5.88 Å². The molecule has 0 radical (unpaired) electrons. The number of rotatable bonds is 5. The third-order valence-electron chi connectivity index (χ3n) is 3.80. The van der Waals surface area contributed by atoms with Crippen molar-refractivity contribution >= 4 is 22.5 Å². The molecule has 0 spiro atoms. The smallest absolute Gasteiger partial charge is 0.333 e. The summed E-state index contributed by atoms with van der Waals surface area (Å²) in [4.78, 5) is 31.1. The van der Waals surface area contributed by atoms with Crippen molar-refractivity contribution in [2.45, 2.75) is 19.4 Å². The zero-order valence-electron chi connectivity index (χ0n) is 13.5. The Kier molecular flexibility index (Phi) is 4.87. The minimum atomic E-state index is -0.587. The van der Waals surface area contributed by atoms with Crippen LogP contribution in [0.3, 0.4) is 0 Å². The van der Waals surface area contributed by atoms with Gasteiger partial charge in [-0.2, -0.15) is 0 Å². The normalized spacial score (nSPS) is 12.3. The van der Waals surface area contributed by atoms with Crippen molar-refractivity contribution in [3.05, 3.63) is 62.4 Å². The Hall–Kier alpha value is -2.64. The summed E-state index contributed by atoms with van der Waals surface area (Å²) in [5.74, 6) is 0.0531. The highest BCUT2D eigenvalue weighted by atomic mass is 35.5. The summed E-state index contributed by atoms with van der Waals surface area (Å²) in [6, 6.07) is 10.2. The summed E-state index contributed by atoms with van der Waals surface area (Å²) >= 11 is 6.09. The highest BCUT2D eigenvalue weighted by molar-refractivity contribution is 6.30. The monoisotopic (exact) mass is 360 g/mol. The van der Waals surface area contributed by atoms with Gasteiger partial charge in [0.1, 0.15) is 17.1 Å². The Bertz CT molecular complexity index is 1010. The lowest BCUT2D eigenvalue weighted by molar-refractivity contribution is 0.278. The van der Waals surface area contributed by atoms with E-state index in [4.69, 9.17) is 22.1 Å². The number of pyridine rings is 1. The van der Waals surface area contributed by atoms with Crippen molar-refractivity contribution in [2.75, 3.05) is 6.61 Å². The van der Waals surface area contributed by atoms with Crippen LogP contribution in [0.15, 0.2) is 46.0 Å². The predicted octanol–water partition coefficient (Wildman–Crippen LogP) is 1.84. The predicted molar refractivity (Wildman–Crippen MR) is 96.7 cm³/mol. The second-order valence-corrected chi connectivity index (χ2v) is 5.94. The maximum atomic E-state index is 12.4. The van der Waals surface area contributed by atoms with Gasteiger partial charge >= 0.3 is 5.69 Å². The van der Waals surface area contributed by atoms with Crippen LogP contribution >= 0.6 is 11.6 Å². The summed E-state index contributed by atoms with van der Waals surface area (Å²) in [5, 5.41) is 0.262. The van der Waals surface area contributed by atoms with Gasteiger partial charge in [-0.25, -0.2) is 9.78 Å². The molecule has 3 N–H and O–H groups in total. The molecule has 0 saturated heterocycles. The molecule has 2 heterocycles. The minimum absolute atomic E-state index is 0.0531. The fraction of sp³-hybridized carbons (Fsp3) is 0.235. The van der Waals surface area contributed by atoms with Crippen LogP contribution in [0.4, 0.5) is 0 Å². The van der Waals surface area contributed by atoms with Gasteiger partial charge in [0.15, 0.2) is 0 Å². The van der Waals surface area contributed by atoms with E-state index in [-0.39, 0.29) is 29.1 Å². The molecule has 0 aliphatic rings. The molecule has 2 aromatic heterocycles. The van der Waals surface area contributed by atoms with E-state index in [1.54, 1.807) is 24.3 Å². The third kappa shape index (κ3) is 3.42. The minimum Gasteiger partial charge on any atom is -0.475 e. The molecule has 1 atom stereocenters. The second-order valence-electron chi connectivity index (χ2n) is 5.55. The number of benzene rings is 1. The molecule has 3 rings (SSSR count). The summed E-state index contributed by atoms with van der Waals surface area (Å²) < 4.78 is 6.97. The first-order valence-electron chi connectivity index (χ1n) is 7.80. The number of nitrogens with two attached hydrogens (primary N) is 1. The van der Waals surface area contributed by atoms with Crippen LogP contribution in [-0.4, -0.2) is 27.2 Å². The van der Waals surface area contributed by atoms with E-state index in [1.165, 1.54) is 10.6 Å². The zero-order valence-corrected chi connectivity index (χ0v) is 14.3. The maximum Gasteiger partial charge on any atom is 0.333 e. The molecule has 3 aromatic rings. The highest BCUT2D eigenvalue weighted by Crippen LogP contribution is 2.24. The molecule has 0 fully saturated rings. The molecule has 25 heavy (non-hydrogen) atoms. The van der Waals surface area contributed by atoms with E-state index in [2.05, 4.69) is 9.97 Å². The molecule has 0 saturated carbocycles. The van der Waals surface area contributed by atoms with Crippen LogP contribution in [0, 0.1) is 0 Å². The largest absolute Gasteiger partial charge is 0.475 e. The van der Waals surface area contributed by atoms with E-state index in [0.29, 0.717) is 17.6 Å². The lowest BCUT2D eigenvalue weighted by atomic mass is 10.2. The van der Waals surface area contributed by atoms with Crippen molar-refractivity contribution in [2.24, 2.45) is 5.73 Å². The molecule has 0 aliphatic carbocycles. The maximum absolute atomic E-state index is 12.4. The lowest BCUT2D eigenvalue weighted by Gasteiger charge is -2.14. The molecule has 0 aliphatic heterocycles. The van der Waals surface area contributed by atoms with Crippen molar-refractivity contribution in [3.63, 3.8) is 0 Å². The molecule has 1 aromatic carbocycles. The van der Waals surface area contributed by atoms with Crippen molar-refractivity contribution in [3.8, 4) is 11.6 Å². The van der Waals surface area contributed by atoms with E-state index in [9.17, 15) is 9.59 Å². The SMILES string of the molecule is CC[C@H](N)COc1nc(Cl)cc2c1c(=O)[nH]c(=O)n2-c1ccccc1. The Morgan fingerprint density at radius 2 is 2.04 bits per heavy atom. The average molecular weight is 361 g/mol.